The minimum atomic E-state index is -2.11. The second kappa shape index (κ2) is 7.26. The number of hydrogen-bond acceptors (Lipinski definition) is 6. The van der Waals surface area contributed by atoms with E-state index in [2.05, 4.69) is 26.2 Å². The van der Waals surface area contributed by atoms with Crippen molar-refractivity contribution in [2.24, 2.45) is 0 Å². The Labute approximate surface area is 127 Å². The third-order valence-electron chi connectivity index (χ3n) is 3.00. The predicted molar refractivity (Wildman–Crippen MR) is 85.0 cm³/mol. The van der Waals surface area contributed by atoms with Crippen LogP contribution in [-0.4, -0.2) is 62.3 Å². The van der Waals surface area contributed by atoms with Crippen LogP contribution in [0.5, 0.6) is 0 Å². The molecule has 2 aliphatic rings. The van der Waals surface area contributed by atoms with Crippen LogP contribution in [0.2, 0.25) is 32.2 Å². The first-order valence-electron chi connectivity index (χ1n) is 7.19. The Morgan fingerprint density at radius 3 is 2.70 bits per heavy atom. The van der Waals surface area contributed by atoms with Crippen molar-refractivity contribution in [1.29, 1.82) is 0 Å². The summed E-state index contributed by atoms with van der Waals surface area (Å²) in [6.45, 7) is 10.6. The van der Waals surface area contributed by atoms with Crippen molar-refractivity contribution >= 4 is 36.4 Å². The van der Waals surface area contributed by atoms with Gasteiger partial charge in [-0.15, -0.1) is 0 Å². The zero-order valence-electron chi connectivity index (χ0n) is 12.8. The lowest BCUT2D eigenvalue weighted by atomic mass is 10.5. The molecule has 2 saturated heterocycles. The summed E-state index contributed by atoms with van der Waals surface area (Å²) >= 11 is 0. The fraction of sp³-hybridized carbons (Fsp3) is 1.00. The smallest absolute Gasteiger partial charge is 0.313 e. The first-order chi connectivity index (χ1) is 9.36. The van der Waals surface area contributed by atoms with Crippen LogP contribution in [0.15, 0.2) is 0 Å². The highest BCUT2D eigenvalue weighted by Gasteiger charge is 2.40. The van der Waals surface area contributed by atoms with E-state index in [-0.39, 0.29) is 0 Å². The van der Waals surface area contributed by atoms with Crippen molar-refractivity contribution in [2.75, 3.05) is 19.8 Å². The summed E-state index contributed by atoms with van der Waals surface area (Å²) in [7, 11) is -6.75. The second-order valence-electron chi connectivity index (χ2n) is 6.05. The highest BCUT2D eigenvalue weighted by Crippen LogP contribution is 2.21. The highest BCUT2D eigenvalue weighted by molar-refractivity contribution is 6.84. The number of epoxide rings is 1. The van der Waals surface area contributed by atoms with Crippen molar-refractivity contribution in [3.05, 3.63) is 0 Å². The van der Waals surface area contributed by atoms with Crippen LogP contribution in [-0.2, 0) is 25.9 Å². The molecule has 0 amide bonds. The maximum absolute atomic E-state index is 6.20. The Hall–Kier alpha value is 0.628. The fourth-order valence-corrected chi connectivity index (χ4v) is 15.9. The van der Waals surface area contributed by atoms with E-state index in [4.69, 9.17) is 25.9 Å². The first kappa shape index (κ1) is 17.0. The Morgan fingerprint density at radius 2 is 2.00 bits per heavy atom. The monoisotopic (exact) mass is 354 g/mol. The summed E-state index contributed by atoms with van der Waals surface area (Å²) < 4.78 is 34.8. The quantitative estimate of drug-likeness (QED) is 0.393. The van der Waals surface area contributed by atoms with Crippen LogP contribution in [0.25, 0.3) is 0 Å². The summed E-state index contributed by atoms with van der Waals surface area (Å²) in [5, 5.41) is 0. The topological polar surface area (TPSA) is 58.7 Å². The summed E-state index contributed by atoms with van der Waals surface area (Å²) in [6.07, 6.45) is 1.32. The molecular formula is C10H26O6Si4. The highest BCUT2D eigenvalue weighted by atomic mass is 28.5. The number of hydrogen-bond donors (Lipinski definition) is 0. The van der Waals surface area contributed by atoms with Crippen molar-refractivity contribution in [3.8, 4) is 0 Å². The van der Waals surface area contributed by atoms with Gasteiger partial charge in [-0.05, 0) is 38.7 Å². The molecule has 2 unspecified atom stereocenters. The van der Waals surface area contributed by atoms with E-state index in [1.807, 2.05) is 0 Å². The SMILES string of the molecule is C[Si]1(C)O[SiH2]O[SiH](CCCOCC2CO2)O[Si](C)(C)O1. The Balaban J connectivity index is 1.67. The molecule has 2 aliphatic heterocycles. The van der Waals surface area contributed by atoms with Gasteiger partial charge in [0.1, 0.15) is 6.10 Å². The molecule has 118 valence electrons. The molecule has 2 heterocycles. The van der Waals surface area contributed by atoms with Crippen LogP contribution >= 0.6 is 0 Å². The molecule has 0 N–H and O–H groups in total. The molecule has 0 saturated carbocycles. The van der Waals surface area contributed by atoms with Crippen molar-refractivity contribution in [1.82, 2.24) is 0 Å². The standard InChI is InChI=1S/C10H26O6Si4/c1-19(2)14-17-13-18(15-20(3,4)16-19)7-5-6-11-8-10-9-12-10/h10,18H,5-9,17H2,1-4H3. The lowest BCUT2D eigenvalue weighted by Gasteiger charge is -2.38. The Kier molecular flexibility index (Phi) is 6.17. The van der Waals surface area contributed by atoms with E-state index in [1.165, 1.54) is 0 Å². The molecule has 0 aliphatic carbocycles. The van der Waals surface area contributed by atoms with Gasteiger partial charge in [0.25, 0.3) is 10.0 Å². The third-order valence-corrected chi connectivity index (χ3v) is 16.4. The van der Waals surface area contributed by atoms with Gasteiger partial charge < -0.3 is 25.9 Å². The van der Waals surface area contributed by atoms with Crippen LogP contribution in [0.3, 0.4) is 0 Å². The number of rotatable bonds is 6. The van der Waals surface area contributed by atoms with Gasteiger partial charge >= 0.3 is 26.4 Å². The van der Waals surface area contributed by atoms with Crippen molar-refractivity contribution in [3.63, 3.8) is 0 Å². The Morgan fingerprint density at radius 1 is 1.25 bits per heavy atom. The van der Waals surface area contributed by atoms with Gasteiger partial charge in [-0.3, -0.25) is 0 Å². The molecule has 0 radical (unpaired) electrons. The summed E-state index contributed by atoms with van der Waals surface area (Å²) in [4.78, 5) is 0. The zero-order valence-corrected chi connectivity index (χ0v) is 17.4. The van der Waals surface area contributed by atoms with Gasteiger partial charge in [-0.1, -0.05) is 0 Å². The molecule has 10 heteroatoms. The summed E-state index contributed by atoms with van der Waals surface area (Å²) in [5.74, 6) is 0. The average molecular weight is 355 g/mol. The van der Waals surface area contributed by atoms with E-state index >= 15 is 0 Å². The lowest BCUT2D eigenvalue weighted by molar-refractivity contribution is 0.116. The fourth-order valence-electron chi connectivity index (χ4n) is 2.12. The van der Waals surface area contributed by atoms with Gasteiger partial charge in [-0.2, -0.15) is 0 Å². The molecule has 0 spiro atoms. The van der Waals surface area contributed by atoms with Crippen LogP contribution < -0.4 is 0 Å². The molecule has 2 rings (SSSR count). The lowest BCUT2D eigenvalue weighted by Crippen LogP contribution is -2.55. The van der Waals surface area contributed by atoms with Gasteiger partial charge in [-0.25, -0.2) is 0 Å². The molecular weight excluding hydrogens is 328 g/mol. The third kappa shape index (κ3) is 6.59. The number of ether oxygens (including phenoxy) is 2. The van der Waals surface area contributed by atoms with E-state index in [0.29, 0.717) is 6.10 Å². The first-order valence-corrected chi connectivity index (χ1v) is 15.7. The normalized spacial score (nSPS) is 33.6. The molecule has 2 atom stereocenters. The second-order valence-corrected chi connectivity index (χ2v) is 17.6. The molecule has 0 aromatic carbocycles. The van der Waals surface area contributed by atoms with Gasteiger partial charge in [0.15, 0.2) is 0 Å². The largest absolute Gasteiger partial charge is 0.422 e. The van der Waals surface area contributed by atoms with Crippen molar-refractivity contribution < 1.29 is 25.9 Å². The molecule has 0 bridgehead atoms. The predicted octanol–water partition coefficient (Wildman–Crippen LogP) is 0.495. The summed E-state index contributed by atoms with van der Waals surface area (Å²) in [6, 6.07) is 0.962. The molecule has 6 nitrogen and oxygen atoms in total. The van der Waals surface area contributed by atoms with Crippen molar-refractivity contribution in [2.45, 2.75) is 44.8 Å². The van der Waals surface area contributed by atoms with Gasteiger partial charge in [0.05, 0.1) is 13.2 Å². The molecule has 2 fully saturated rings. The van der Waals surface area contributed by atoms with Crippen LogP contribution in [0.1, 0.15) is 6.42 Å². The molecule has 0 aromatic rings. The Bertz CT molecular complexity index is 312. The van der Waals surface area contributed by atoms with Crippen LogP contribution in [0.4, 0.5) is 0 Å². The van der Waals surface area contributed by atoms with E-state index < -0.39 is 36.4 Å². The van der Waals surface area contributed by atoms with E-state index in [1.54, 1.807) is 0 Å². The van der Waals surface area contributed by atoms with E-state index in [0.717, 1.165) is 32.3 Å². The maximum Gasteiger partial charge on any atom is 0.313 e. The summed E-state index contributed by atoms with van der Waals surface area (Å²) in [5.41, 5.74) is 0. The maximum atomic E-state index is 6.20. The van der Waals surface area contributed by atoms with Gasteiger partial charge in [0.2, 0.25) is 0 Å². The zero-order chi connectivity index (χ0) is 14.6. The minimum Gasteiger partial charge on any atom is -0.422 e. The minimum absolute atomic E-state index is 0.342. The van der Waals surface area contributed by atoms with Gasteiger partial charge in [0, 0.05) is 6.61 Å². The van der Waals surface area contributed by atoms with Crippen LogP contribution in [0, 0.1) is 0 Å². The average Bonchev–Trinajstić information content (AvgIpc) is 3.08. The molecule has 0 aromatic heterocycles. The molecule has 20 heavy (non-hydrogen) atoms. The van der Waals surface area contributed by atoms with E-state index in [9.17, 15) is 0 Å².